The molecule has 0 unspecified atom stereocenters. The summed E-state index contributed by atoms with van der Waals surface area (Å²) >= 11 is 1.58. The van der Waals surface area contributed by atoms with Crippen LogP contribution in [0.2, 0.25) is 0 Å². The Morgan fingerprint density at radius 1 is 1.24 bits per heavy atom. The summed E-state index contributed by atoms with van der Waals surface area (Å²) in [6.07, 6.45) is 2.63. The fourth-order valence-corrected chi connectivity index (χ4v) is 3.85. The van der Waals surface area contributed by atoms with Crippen LogP contribution in [-0.2, 0) is 4.79 Å². The Morgan fingerprint density at radius 3 is 2.86 bits per heavy atom. The molecule has 1 aromatic carbocycles. The smallest absolute Gasteiger partial charge is 0.272 e. The van der Waals surface area contributed by atoms with E-state index in [1.54, 1.807) is 17.4 Å². The summed E-state index contributed by atoms with van der Waals surface area (Å²) in [5.74, 6) is 5.88. The van der Waals surface area contributed by atoms with Crippen molar-refractivity contribution in [1.29, 1.82) is 0 Å². The van der Waals surface area contributed by atoms with E-state index >= 15 is 0 Å². The van der Waals surface area contributed by atoms with E-state index in [1.807, 2.05) is 46.7 Å². The molecule has 0 bridgehead atoms. The summed E-state index contributed by atoms with van der Waals surface area (Å²) < 4.78 is 0. The predicted octanol–water partition coefficient (Wildman–Crippen LogP) is 3.44. The van der Waals surface area contributed by atoms with Gasteiger partial charge in [-0.2, -0.15) is 5.10 Å². The molecule has 6 nitrogen and oxygen atoms in total. The standard InChI is InChI=1S/C22H20N4O2S/c27-21-7-1-2-13-26(21)17-10-8-16(9-11-17)5-3-12-23-22(28)19-15-18(24-25-19)20-6-4-14-29-20/h4,6,8-11,14-15H,1-2,7,12-13H2,(H,23,28)(H,24,25). The van der Waals surface area contributed by atoms with Gasteiger partial charge in [0.05, 0.1) is 17.1 Å². The maximum atomic E-state index is 12.2. The molecule has 1 aliphatic rings. The number of carbonyl (C=O) groups excluding carboxylic acids is 2. The van der Waals surface area contributed by atoms with Gasteiger partial charge in [0.25, 0.3) is 5.91 Å². The summed E-state index contributed by atoms with van der Waals surface area (Å²) in [5, 5.41) is 11.7. The van der Waals surface area contributed by atoms with E-state index in [4.69, 9.17) is 0 Å². The fourth-order valence-electron chi connectivity index (χ4n) is 3.16. The Morgan fingerprint density at radius 2 is 2.10 bits per heavy atom. The highest BCUT2D eigenvalue weighted by molar-refractivity contribution is 7.13. The number of hydrogen-bond donors (Lipinski definition) is 2. The monoisotopic (exact) mass is 404 g/mol. The van der Waals surface area contributed by atoms with Gasteiger partial charge in [-0.25, -0.2) is 0 Å². The van der Waals surface area contributed by atoms with Gasteiger partial charge in [0.2, 0.25) is 5.91 Å². The topological polar surface area (TPSA) is 78.1 Å². The first-order valence-electron chi connectivity index (χ1n) is 9.47. The fraction of sp³-hybridized carbons (Fsp3) is 0.227. The number of nitrogens with one attached hydrogen (secondary N) is 2. The Hall–Kier alpha value is -3.37. The lowest BCUT2D eigenvalue weighted by Gasteiger charge is -2.26. The third kappa shape index (κ3) is 4.55. The highest BCUT2D eigenvalue weighted by atomic mass is 32.1. The Bertz CT molecular complexity index is 1060. The largest absolute Gasteiger partial charge is 0.340 e. The SMILES string of the molecule is O=C(NCC#Cc1ccc(N2CCCCC2=O)cc1)c1cc(-c2cccs2)[nH]n1. The Balaban J connectivity index is 1.31. The minimum atomic E-state index is -0.266. The predicted molar refractivity (Wildman–Crippen MR) is 114 cm³/mol. The van der Waals surface area contributed by atoms with Crippen LogP contribution in [0.4, 0.5) is 5.69 Å². The molecular weight excluding hydrogens is 384 g/mol. The third-order valence-corrected chi connectivity index (χ3v) is 5.57. The number of aromatic nitrogens is 2. The van der Waals surface area contributed by atoms with Gasteiger partial charge in [0.15, 0.2) is 5.69 Å². The number of thiophene rings is 1. The van der Waals surface area contributed by atoms with Crippen LogP contribution in [-0.4, -0.2) is 35.1 Å². The van der Waals surface area contributed by atoms with Gasteiger partial charge in [-0.05, 0) is 54.6 Å². The number of H-pyrrole nitrogens is 1. The molecule has 146 valence electrons. The highest BCUT2D eigenvalue weighted by Gasteiger charge is 2.19. The van der Waals surface area contributed by atoms with Gasteiger partial charge in [0.1, 0.15) is 0 Å². The van der Waals surface area contributed by atoms with Gasteiger partial charge in [-0.1, -0.05) is 17.9 Å². The summed E-state index contributed by atoms with van der Waals surface area (Å²) in [4.78, 5) is 27.0. The van der Waals surface area contributed by atoms with Crippen molar-refractivity contribution in [2.24, 2.45) is 0 Å². The molecule has 2 amide bonds. The molecule has 0 aliphatic carbocycles. The third-order valence-electron chi connectivity index (χ3n) is 4.67. The van der Waals surface area contributed by atoms with Crippen LogP contribution >= 0.6 is 11.3 Å². The maximum absolute atomic E-state index is 12.2. The Kier molecular flexibility index (Phi) is 5.73. The Labute approximate surface area is 172 Å². The van der Waals surface area contributed by atoms with Crippen LogP contribution < -0.4 is 10.2 Å². The summed E-state index contributed by atoms with van der Waals surface area (Å²) in [6, 6.07) is 13.3. The molecule has 0 atom stereocenters. The summed E-state index contributed by atoms with van der Waals surface area (Å²) in [6.45, 7) is 1.00. The van der Waals surface area contributed by atoms with Crippen molar-refractivity contribution in [2.75, 3.05) is 18.0 Å². The zero-order chi connectivity index (χ0) is 20.1. The lowest BCUT2D eigenvalue weighted by molar-refractivity contribution is -0.119. The van der Waals surface area contributed by atoms with E-state index < -0.39 is 0 Å². The van der Waals surface area contributed by atoms with E-state index in [9.17, 15) is 9.59 Å². The van der Waals surface area contributed by atoms with E-state index in [1.165, 1.54) is 0 Å². The first-order chi connectivity index (χ1) is 14.2. The second-order valence-corrected chi connectivity index (χ2v) is 7.63. The molecule has 0 spiro atoms. The van der Waals surface area contributed by atoms with Gasteiger partial charge >= 0.3 is 0 Å². The minimum absolute atomic E-state index is 0.179. The average Bonchev–Trinajstić information content (AvgIpc) is 3.44. The molecule has 1 aliphatic heterocycles. The lowest BCUT2D eigenvalue weighted by Crippen LogP contribution is -2.35. The van der Waals surface area contributed by atoms with Crippen LogP contribution in [0.5, 0.6) is 0 Å². The van der Waals surface area contributed by atoms with Crippen molar-refractivity contribution in [3.63, 3.8) is 0 Å². The molecule has 4 rings (SSSR count). The van der Waals surface area contributed by atoms with Gasteiger partial charge in [0, 0.05) is 24.2 Å². The number of nitrogens with zero attached hydrogens (tertiary/aromatic N) is 2. The normalized spacial score (nSPS) is 13.7. The summed E-state index contributed by atoms with van der Waals surface area (Å²) in [5.41, 5.74) is 2.91. The highest BCUT2D eigenvalue weighted by Crippen LogP contribution is 2.23. The van der Waals surface area contributed by atoms with Crippen LogP contribution in [0.25, 0.3) is 10.6 Å². The van der Waals surface area contributed by atoms with Gasteiger partial charge in [-0.3, -0.25) is 14.7 Å². The first kappa shape index (κ1) is 19.0. The average molecular weight is 404 g/mol. The van der Waals surface area contributed by atoms with Gasteiger partial charge in [-0.15, -0.1) is 11.3 Å². The molecule has 1 fully saturated rings. The van der Waals surface area contributed by atoms with Crippen molar-refractivity contribution < 1.29 is 9.59 Å². The van der Waals surface area contributed by atoms with E-state index in [0.29, 0.717) is 12.1 Å². The number of benzene rings is 1. The number of aromatic amines is 1. The molecule has 1 saturated heterocycles. The van der Waals surface area contributed by atoms with E-state index in [2.05, 4.69) is 27.4 Å². The zero-order valence-corrected chi connectivity index (χ0v) is 16.6. The van der Waals surface area contributed by atoms with Gasteiger partial charge < -0.3 is 10.2 Å². The quantitative estimate of drug-likeness (QED) is 0.654. The molecule has 2 N–H and O–H groups in total. The number of hydrogen-bond acceptors (Lipinski definition) is 4. The van der Waals surface area contributed by atoms with E-state index in [-0.39, 0.29) is 18.4 Å². The van der Waals surface area contributed by atoms with Crippen LogP contribution in [0.1, 0.15) is 35.3 Å². The number of carbonyl (C=O) groups is 2. The molecule has 0 radical (unpaired) electrons. The molecule has 3 heterocycles. The summed E-state index contributed by atoms with van der Waals surface area (Å²) in [7, 11) is 0. The van der Waals surface area contributed by atoms with Crippen molar-refractivity contribution in [3.05, 3.63) is 59.1 Å². The number of piperidine rings is 1. The molecular formula is C22H20N4O2S. The van der Waals surface area contributed by atoms with Crippen LogP contribution in [0.15, 0.2) is 47.8 Å². The zero-order valence-electron chi connectivity index (χ0n) is 15.8. The molecule has 3 aromatic rings. The van der Waals surface area contributed by atoms with Crippen molar-refractivity contribution in [3.8, 4) is 22.4 Å². The number of anilines is 1. The van der Waals surface area contributed by atoms with Crippen molar-refractivity contribution in [2.45, 2.75) is 19.3 Å². The number of rotatable bonds is 4. The molecule has 2 aromatic heterocycles. The molecule has 29 heavy (non-hydrogen) atoms. The molecule has 0 saturated carbocycles. The second-order valence-electron chi connectivity index (χ2n) is 6.68. The van der Waals surface area contributed by atoms with Crippen LogP contribution in [0, 0.1) is 11.8 Å². The second kappa shape index (κ2) is 8.76. The van der Waals surface area contributed by atoms with Crippen LogP contribution in [0.3, 0.4) is 0 Å². The minimum Gasteiger partial charge on any atom is -0.340 e. The van der Waals surface area contributed by atoms with Crippen molar-refractivity contribution in [1.82, 2.24) is 15.5 Å². The first-order valence-corrected chi connectivity index (χ1v) is 10.4. The lowest BCUT2D eigenvalue weighted by atomic mass is 10.1. The molecule has 7 heteroatoms. The van der Waals surface area contributed by atoms with E-state index in [0.717, 1.165) is 41.2 Å². The number of amides is 2. The van der Waals surface area contributed by atoms with Crippen molar-refractivity contribution >= 4 is 28.8 Å². The maximum Gasteiger partial charge on any atom is 0.272 e.